The Balaban J connectivity index is 1.42. The molecule has 1 aromatic heterocycles. The van der Waals surface area contributed by atoms with E-state index in [4.69, 9.17) is 5.73 Å². The van der Waals surface area contributed by atoms with Gasteiger partial charge in [0.2, 0.25) is 0 Å². The molecule has 5 aromatic carbocycles. The lowest BCUT2D eigenvalue weighted by atomic mass is 9.84. The van der Waals surface area contributed by atoms with Crippen molar-refractivity contribution in [1.82, 2.24) is 4.57 Å². The molecule has 3 nitrogen and oxygen atoms in total. The monoisotopic (exact) mass is 631 g/mol. The van der Waals surface area contributed by atoms with Crippen molar-refractivity contribution in [1.29, 1.82) is 0 Å². The number of rotatable bonds is 8. The van der Waals surface area contributed by atoms with E-state index in [1.807, 2.05) is 25.4 Å². The summed E-state index contributed by atoms with van der Waals surface area (Å²) < 4.78 is 2.52. The zero-order valence-electron chi connectivity index (χ0n) is 27.7. The highest BCUT2D eigenvalue weighted by Crippen LogP contribution is 2.43. The Morgan fingerprint density at radius 2 is 1.59 bits per heavy atom. The first kappa shape index (κ1) is 30.2. The predicted molar refractivity (Wildman–Crippen MR) is 211 cm³/mol. The SMILES string of the molecule is C=CC(=C(\C=C/C)C1=Cc2ccc3c4ccc(-c5ccccc5C5=CN=C5)cc4n(-c4cccc5ccccc45)c3c2CC1)/C(C=C)=C/N. The van der Waals surface area contributed by atoms with Crippen LogP contribution in [0.1, 0.15) is 30.0 Å². The van der Waals surface area contributed by atoms with E-state index in [1.54, 1.807) is 12.3 Å². The molecule has 2 aliphatic rings. The fourth-order valence-electron chi connectivity index (χ4n) is 7.60. The number of benzene rings is 5. The molecule has 0 saturated heterocycles. The first-order chi connectivity index (χ1) is 24.1. The molecule has 3 heteroatoms. The van der Waals surface area contributed by atoms with Crippen molar-refractivity contribution >= 4 is 50.4 Å². The average Bonchev–Trinajstić information content (AvgIpc) is 3.46. The number of aromatic nitrogens is 1. The zero-order valence-corrected chi connectivity index (χ0v) is 27.7. The number of hydrogen-bond donors (Lipinski definition) is 1. The Hall–Kier alpha value is -6.19. The fourth-order valence-corrected chi connectivity index (χ4v) is 7.60. The number of allylic oxidation sites excluding steroid dienone is 9. The van der Waals surface area contributed by atoms with Crippen LogP contribution < -0.4 is 5.73 Å². The lowest BCUT2D eigenvalue weighted by molar-refractivity contribution is 0.939. The molecule has 0 spiro atoms. The second-order valence-electron chi connectivity index (χ2n) is 12.5. The van der Waals surface area contributed by atoms with Crippen molar-refractivity contribution in [3.8, 4) is 16.8 Å². The molecule has 0 fully saturated rings. The highest BCUT2D eigenvalue weighted by atomic mass is 15.0. The smallest absolute Gasteiger partial charge is 0.0579 e. The number of aryl methyl sites for hydroxylation is 1. The number of hydrogen-bond acceptors (Lipinski definition) is 2. The number of nitrogens with two attached hydrogens (primary N) is 1. The van der Waals surface area contributed by atoms with E-state index in [0.717, 1.165) is 35.1 Å². The minimum atomic E-state index is 0.875. The third kappa shape index (κ3) is 4.94. The van der Waals surface area contributed by atoms with Crippen molar-refractivity contribution in [2.45, 2.75) is 19.8 Å². The van der Waals surface area contributed by atoms with Gasteiger partial charge >= 0.3 is 0 Å². The summed E-state index contributed by atoms with van der Waals surface area (Å²) in [5.41, 5.74) is 21.3. The minimum Gasteiger partial charge on any atom is -0.404 e. The minimum absolute atomic E-state index is 0.875. The van der Waals surface area contributed by atoms with Crippen LogP contribution in [0.4, 0.5) is 0 Å². The second-order valence-corrected chi connectivity index (χ2v) is 12.5. The predicted octanol–water partition coefficient (Wildman–Crippen LogP) is 11.4. The largest absolute Gasteiger partial charge is 0.404 e. The molecule has 0 radical (unpaired) electrons. The van der Waals surface area contributed by atoms with Crippen LogP contribution in [-0.4, -0.2) is 10.8 Å². The van der Waals surface area contributed by atoms with E-state index >= 15 is 0 Å². The highest BCUT2D eigenvalue weighted by Gasteiger charge is 2.23. The van der Waals surface area contributed by atoms with Crippen LogP contribution in [0, 0.1) is 0 Å². The molecule has 0 unspecified atom stereocenters. The van der Waals surface area contributed by atoms with Gasteiger partial charge < -0.3 is 10.3 Å². The molecule has 8 rings (SSSR count). The van der Waals surface area contributed by atoms with E-state index < -0.39 is 0 Å². The van der Waals surface area contributed by atoms with Crippen LogP contribution in [0.5, 0.6) is 0 Å². The molecule has 236 valence electrons. The maximum Gasteiger partial charge on any atom is 0.0579 e. The lowest BCUT2D eigenvalue weighted by Crippen LogP contribution is -2.06. The first-order valence-electron chi connectivity index (χ1n) is 16.8. The van der Waals surface area contributed by atoms with Crippen LogP contribution in [0.25, 0.3) is 61.0 Å². The van der Waals surface area contributed by atoms with Crippen molar-refractivity contribution in [2.75, 3.05) is 0 Å². The van der Waals surface area contributed by atoms with E-state index in [9.17, 15) is 0 Å². The average molecular weight is 632 g/mol. The number of fused-ring (bicyclic) bond motifs is 6. The van der Waals surface area contributed by atoms with Crippen molar-refractivity contribution < 1.29 is 0 Å². The Morgan fingerprint density at radius 1 is 0.816 bits per heavy atom. The standard InChI is InChI=1S/C46H37N3/c1-4-12-37(36(6-3)30(5-2)27-47)32-19-22-41-33(25-32)21-24-43-42-23-20-34(38-15-9-10-16-39(38)35-28-48-29-35)26-45(42)49(46(41)43)44-18-11-14-31-13-7-8-17-40(31)44/h4-18,20-21,23-29H,2-3,19,22,47H2,1H3/b12-4-,30-27+,37-36-. The second kappa shape index (κ2) is 12.4. The molecule has 0 saturated carbocycles. The highest BCUT2D eigenvalue weighted by molar-refractivity contribution is 6.17. The third-order valence-corrected chi connectivity index (χ3v) is 9.91. The van der Waals surface area contributed by atoms with E-state index in [0.29, 0.717) is 0 Å². The van der Waals surface area contributed by atoms with Gasteiger partial charge in [-0.3, -0.25) is 4.99 Å². The molecule has 1 aliphatic heterocycles. The molecule has 0 bridgehead atoms. The maximum absolute atomic E-state index is 6.02. The van der Waals surface area contributed by atoms with Crippen molar-refractivity contribution in [3.05, 3.63) is 186 Å². The van der Waals surface area contributed by atoms with Crippen molar-refractivity contribution in [2.24, 2.45) is 10.7 Å². The molecule has 0 atom stereocenters. The zero-order chi connectivity index (χ0) is 33.5. The van der Waals surface area contributed by atoms with Gasteiger partial charge in [-0.1, -0.05) is 128 Å². The van der Waals surface area contributed by atoms with Gasteiger partial charge in [0.15, 0.2) is 0 Å². The van der Waals surface area contributed by atoms with Crippen molar-refractivity contribution in [3.63, 3.8) is 0 Å². The summed E-state index contributed by atoms with van der Waals surface area (Å²) in [6.07, 6.45) is 17.6. The summed E-state index contributed by atoms with van der Waals surface area (Å²) in [7, 11) is 0. The van der Waals surface area contributed by atoms with E-state index in [2.05, 4.69) is 138 Å². The Bertz CT molecular complexity index is 2540. The molecular weight excluding hydrogens is 595 g/mol. The number of nitrogens with zero attached hydrogens (tertiary/aromatic N) is 2. The number of aliphatic imine (C=N–C) groups is 1. The van der Waals surface area contributed by atoms with Gasteiger partial charge in [0.1, 0.15) is 0 Å². The van der Waals surface area contributed by atoms with Crippen LogP contribution >= 0.6 is 0 Å². The molecular formula is C46H37N3. The summed E-state index contributed by atoms with van der Waals surface area (Å²) in [6, 6.07) is 35.5. The molecule has 6 aromatic rings. The van der Waals surface area contributed by atoms with Gasteiger partial charge in [0, 0.05) is 40.3 Å². The van der Waals surface area contributed by atoms with Crippen LogP contribution in [0.2, 0.25) is 0 Å². The quantitative estimate of drug-likeness (QED) is 0.167. The Labute approximate surface area is 287 Å². The van der Waals surface area contributed by atoms with Gasteiger partial charge in [-0.25, -0.2) is 0 Å². The summed E-state index contributed by atoms with van der Waals surface area (Å²) in [5.74, 6) is 0. The van der Waals surface area contributed by atoms with Crippen LogP contribution in [-0.2, 0) is 6.42 Å². The van der Waals surface area contributed by atoms with E-state index in [-0.39, 0.29) is 0 Å². The Morgan fingerprint density at radius 3 is 2.35 bits per heavy atom. The fraction of sp³-hybridized carbons (Fsp3) is 0.0652. The molecule has 2 N–H and O–H groups in total. The van der Waals surface area contributed by atoms with Gasteiger partial charge in [-0.2, -0.15) is 0 Å². The summed E-state index contributed by atoms with van der Waals surface area (Å²) in [4.78, 5) is 4.25. The lowest BCUT2D eigenvalue weighted by Gasteiger charge is -2.22. The van der Waals surface area contributed by atoms with Gasteiger partial charge in [-0.05, 0) is 87.4 Å². The van der Waals surface area contributed by atoms with Crippen LogP contribution in [0.15, 0.2) is 174 Å². The van der Waals surface area contributed by atoms with E-state index in [1.165, 1.54) is 71.7 Å². The maximum atomic E-state index is 6.02. The third-order valence-electron chi connectivity index (χ3n) is 9.91. The molecule has 1 aliphatic carbocycles. The molecule has 2 heterocycles. The molecule has 49 heavy (non-hydrogen) atoms. The van der Waals surface area contributed by atoms with Gasteiger partial charge in [0.25, 0.3) is 0 Å². The first-order valence-corrected chi connectivity index (χ1v) is 16.8. The van der Waals surface area contributed by atoms with Crippen LogP contribution in [0.3, 0.4) is 0 Å². The van der Waals surface area contributed by atoms with Gasteiger partial charge in [0.05, 0.1) is 16.7 Å². The summed E-state index contributed by atoms with van der Waals surface area (Å²) >= 11 is 0. The topological polar surface area (TPSA) is 43.3 Å². The normalized spacial score (nSPS) is 14.8. The molecule has 0 amide bonds. The van der Waals surface area contributed by atoms with Gasteiger partial charge in [-0.15, -0.1) is 0 Å². The summed E-state index contributed by atoms with van der Waals surface area (Å²) in [5, 5.41) is 4.97. The summed E-state index contributed by atoms with van der Waals surface area (Å²) in [6.45, 7) is 10.2. The Kier molecular flexibility index (Phi) is 7.66.